The molecule has 1 aliphatic carbocycles. The topological polar surface area (TPSA) is 57.0 Å². The number of benzene rings is 3. The molecule has 0 unspecified atom stereocenters. The summed E-state index contributed by atoms with van der Waals surface area (Å²) in [6.07, 6.45) is 1.95. The van der Waals surface area contributed by atoms with Crippen LogP contribution in [0.5, 0.6) is 5.75 Å². The van der Waals surface area contributed by atoms with Crippen LogP contribution in [0.2, 0.25) is 0 Å². The number of ketones is 1. The van der Waals surface area contributed by atoms with Gasteiger partial charge in [0.15, 0.2) is 11.4 Å². The summed E-state index contributed by atoms with van der Waals surface area (Å²) in [4.78, 5) is 18.3. The van der Waals surface area contributed by atoms with Crippen LogP contribution in [-0.2, 0) is 0 Å². The molecule has 5 aromatic rings. The minimum absolute atomic E-state index is 0.00159. The Bertz CT molecular complexity index is 1470. The van der Waals surface area contributed by atoms with Crippen LogP contribution in [0.4, 0.5) is 0 Å². The molecular formula is C26H17N3O2. The van der Waals surface area contributed by atoms with E-state index in [-0.39, 0.29) is 5.78 Å². The lowest BCUT2D eigenvalue weighted by Gasteiger charge is -2.10. The van der Waals surface area contributed by atoms with Crippen molar-refractivity contribution >= 4 is 16.8 Å². The fourth-order valence-electron chi connectivity index (χ4n) is 4.25. The highest BCUT2D eigenvalue weighted by molar-refractivity contribution is 6.26. The van der Waals surface area contributed by atoms with Gasteiger partial charge < -0.3 is 4.74 Å². The molecule has 0 saturated carbocycles. The first-order valence-electron chi connectivity index (χ1n) is 10.0. The molecule has 0 amide bonds. The standard InChI is InChI=1S/C26H17N3O2/c1-31-18-13-11-16(12-14-18)22-21-15-29(17-7-3-2-4-8-17)28-26(21)27-24-19-9-5-6-10-20(19)25(30)23(22)24/h2-15H,1H3. The summed E-state index contributed by atoms with van der Waals surface area (Å²) in [5, 5.41) is 5.59. The number of hydrogen-bond donors (Lipinski definition) is 0. The zero-order chi connectivity index (χ0) is 20.9. The number of carbonyl (C=O) groups is 1. The van der Waals surface area contributed by atoms with Gasteiger partial charge in [-0.05, 0) is 29.8 Å². The molecule has 5 heteroatoms. The molecule has 148 valence electrons. The Labute approximate surface area is 178 Å². The molecule has 0 fully saturated rings. The zero-order valence-corrected chi connectivity index (χ0v) is 16.7. The van der Waals surface area contributed by atoms with Crippen molar-refractivity contribution in [2.24, 2.45) is 0 Å². The molecule has 0 aliphatic heterocycles. The minimum atomic E-state index is -0.00159. The van der Waals surface area contributed by atoms with E-state index >= 15 is 0 Å². The molecule has 5 nitrogen and oxygen atoms in total. The number of carbonyl (C=O) groups excluding carboxylic acids is 1. The van der Waals surface area contributed by atoms with Crippen LogP contribution < -0.4 is 4.74 Å². The van der Waals surface area contributed by atoms with E-state index in [4.69, 9.17) is 14.8 Å². The Hall–Kier alpha value is -4.25. The van der Waals surface area contributed by atoms with Gasteiger partial charge in [-0.15, -0.1) is 5.10 Å². The molecule has 1 aliphatic rings. The molecule has 6 rings (SSSR count). The van der Waals surface area contributed by atoms with Gasteiger partial charge in [-0.25, -0.2) is 9.67 Å². The zero-order valence-electron chi connectivity index (χ0n) is 16.7. The smallest absolute Gasteiger partial charge is 0.196 e. The predicted molar refractivity (Wildman–Crippen MR) is 120 cm³/mol. The summed E-state index contributed by atoms with van der Waals surface area (Å²) >= 11 is 0. The maximum Gasteiger partial charge on any atom is 0.196 e. The second kappa shape index (κ2) is 6.64. The predicted octanol–water partition coefficient (Wildman–Crippen LogP) is 5.31. The van der Waals surface area contributed by atoms with Gasteiger partial charge in [0.1, 0.15) is 5.75 Å². The van der Waals surface area contributed by atoms with Crippen molar-refractivity contribution in [3.63, 3.8) is 0 Å². The molecule has 0 radical (unpaired) electrons. The second-order valence-electron chi connectivity index (χ2n) is 7.46. The Kier molecular flexibility index (Phi) is 3.77. The van der Waals surface area contributed by atoms with E-state index in [1.165, 1.54) is 0 Å². The number of rotatable bonds is 3. The highest BCUT2D eigenvalue weighted by atomic mass is 16.5. The van der Waals surface area contributed by atoms with Crippen molar-refractivity contribution < 1.29 is 9.53 Å². The number of hydrogen-bond acceptors (Lipinski definition) is 4. The highest BCUT2D eigenvalue weighted by Crippen LogP contribution is 2.43. The van der Waals surface area contributed by atoms with E-state index in [9.17, 15) is 4.79 Å². The number of methoxy groups -OCH3 is 1. The number of ether oxygens (including phenoxy) is 1. The third kappa shape index (κ3) is 2.60. The monoisotopic (exact) mass is 403 g/mol. The van der Waals surface area contributed by atoms with Gasteiger partial charge in [-0.1, -0.05) is 54.6 Å². The first kappa shape index (κ1) is 17.6. The first-order chi connectivity index (χ1) is 15.2. The van der Waals surface area contributed by atoms with E-state index in [1.54, 1.807) is 7.11 Å². The Morgan fingerprint density at radius 2 is 1.52 bits per heavy atom. The van der Waals surface area contributed by atoms with E-state index in [1.807, 2.05) is 89.7 Å². The van der Waals surface area contributed by atoms with Crippen molar-refractivity contribution in [2.45, 2.75) is 0 Å². The summed E-state index contributed by atoms with van der Waals surface area (Å²) < 4.78 is 7.14. The molecule has 0 bridgehead atoms. The van der Waals surface area contributed by atoms with E-state index < -0.39 is 0 Å². The minimum Gasteiger partial charge on any atom is -0.497 e. The second-order valence-corrected chi connectivity index (χ2v) is 7.46. The number of fused-ring (bicyclic) bond motifs is 4. The lowest BCUT2D eigenvalue weighted by atomic mass is 9.95. The summed E-state index contributed by atoms with van der Waals surface area (Å²) in [6, 6.07) is 25.3. The van der Waals surface area contributed by atoms with Crippen LogP contribution in [0, 0.1) is 0 Å². The van der Waals surface area contributed by atoms with Gasteiger partial charge in [0.05, 0.1) is 24.1 Å². The van der Waals surface area contributed by atoms with Crippen molar-refractivity contribution in [3.05, 3.63) is 96.2 Å². The van der Waals surface area contributed by atoms with Crippen molar-refractivity contribution in [3.8, 4) is 33.8 Å². The average molecular weight is 403 g/mol. The lowest BCUT2D eigenvalue weighted by molar-refractivity contribution is 0.104. The first-order valence-corrected chi connectivity index (χ1v) is 10.0. The molecule has 0 saturated heterocycles. The molecular weight excluding hydrogens is 386 g/mol. The summed E-state index contributed by atoms with van der Waals surface area (Å²) in [6.45, 7) is 0. The molecule has 0 spiro atoms. The Balaban J connectivity index is 1.69. The van der Waals surface area contributed by atoms with Gasteiger partial charge in [0.2, 0.25) is 0 Å². The van der Waals surface area contributed by atoms with Gasteiger partial charge in [-0.2, -0.15) is 0 Å². The van der Waals surface area contributed by atoms with Gasteiger partial charge in [-0.3, -0.25) is 4.79 Å². The van der Waals surface area contributed by atoms with Gasteiger partial charge in [0.25, 0.3) is 0 Å². The van der Waals surface area contributed by atoms with E-state index in [0.717, 1.165) is 33.5 Å². The number of aromatic nitrogens is 3. The SMILES string of the molecule is COc1ccc(-c2c3c(nc4nn(-c5ccccc5)cc24)-c2ccccc2C3=O)cc1. The maximum absolute atomic E-state index is 13.4. The van der Waals surface area contributed by atoms with E-state index in [0.29, 0.717) is 22.5 Å². The van der Waals surface area contributed by atoms with Crippen LogP contribution in [0.1, 0.15) is 15.9 Å². The van der Waals surface area contributed by atoms with Gasteiger partial charge in [0, 0.05) is 28.3 Å². The third-order valence-electron chi connectivity index (χ3n) is 5.72. The summed E-state index contributed by atoms with van der Waals surface area (Å²) in [5.74, 6) is 0.763. The van der Waals surface area contributed by atoms with Crippen LogP contribution in [0.3, 0.4) is 0 Å². The van der Waals surface area contributed by atoms with Crippen molar-refractivity contribution in [1.82, 2.24) is 14.8 Å². The maximum atomic E-state index is 13.4. The third-order valence-corrected chi connectivity index (χ3v) is 5.72. The quantitative estimate of drug-likeness (QED) is 0.402. The fraction of sp³-hybridized carbons (Fsp3) is 0.0385. The Morgan fingerprint density at radius 1 is 0.806 bits per heavy atom. The average Bonchev–Trinajstić information content (AvgIpc) is 3.38. The highest BCUT2D eigenvalue weighted by Gasteiger charge is 2.33. The lowest BCUT2D eigenvalue weighted by Crippen LogP contribution is -2.00. The Morgan fingerprint density at radius 3 is 2.26 bits per heavy atom. The number of pyridine rings is 1. The van der Waals surface area contributed by atoms with Crippen LogP contribution >= 0.6 is 0 Å². The molecule has 0 atom stereocenters. The molecule has 31 heavy (non-hydrogen) atoms. The molecule has 2 aromatic heterocycles. The molecule has 2 heterocycles. The normalized spacial score (nSPS) is 12.1. The summed E-state index contributed by atoms with van der Waals surface area (Å²) in [5.41, 5.74) is 6.19. The molecule has 0 N–H and O–H groups in total. The van der Waals surface area contributed by atoms with Crippen LogP contribution in [0.25, 0.3) is 39.1 Å². The fourth-order valence-corrected chi connectivity index (χ4v) is 4.25. The van der Waals surface area contributed by atoms with Gasteiger partial charge >= 0.3 is 0 Å². The number of nitrogens with zero attached hydrogens (tertiary/aromatic N) is 3. The molecule has 3 aromatic carbocycles. The largest absolute Gasteiger partial charge is 0.497 e. The van der Waals surface area contributed by atoms with Crippen LogP contribution in [-0.4, -0.2) is 27.7 Å². The van der Waals surface area contributed by atoms with Crippen molar-refractivity contribution in [1.29, 1.82) is 0 Å². The summed E-state index contributed by atoms with van der Waals surface area (Å²) in [7, 11) is 1.64. The van der Waals surface area contributed by atoms with Crippen LogP contribution in [0.15, 0.2) is 85.1 Å². The number of para-hydroxylation sites is 1. The van der Waals surface area contributed by atoms with Crippen molar-refractivity contribution in [2.75, 3.05) is 7.11 Å². The van der Waals surface area contributed by atoms with E-state index in [2.05, 4.69) is 0 Å².